The fourth-order valence-corrected chi connectivity index (χ4v) is 2.46. The molecule has 1 heterocycles. The van der Waals surface area contributed by atoms with E-state index in [1.54, 1.807) is 6.07 Å². The molecule has 0 bridgehead atoms. The smallest absolute Gasteiger partial charge is 0.315 e. The first-order chi connectivity index (χ1) is 10.5. The van der Waals surface area contributed by atoms with Crippen molar-refractivity contribution in [3.8, 4) is 0 Å². The standard InChI is InChI=1S/C14H16N4O4/c19-13(8-15-14(20)16-10-2-3-10)17-6-5-9-1-4-11(18(21)22)7-12(9)17/h1,4,7,10H,2-3,5-6,8H2,(H2,15,16,20). The predicted molar refractivity (Wildman–Crippen MR) is 78.7 cm³/mol. The number of carbonyl (C=O) groups excluding carboxylic acids is 2. The average Bonchev–Trinajstić information content (AvgIpc) is 3.20. The van der Waals surface area contributed by atoms with Gasteiger partial charge in [-0.15, -0.1) is 0 Å². The van der Waals surface area contributed by atoms with Gasteiger partial charge >= 0.3 is 6.03 Å². The molecule has 8 nitrogen and oxygen atoms in total. The normalized spacial score (nSPS) is 16.1. The summed E-state index contributed by atoms with van der Waals surface area (Å²) in [6.07, 6.45) is 2.61. The van der Waals surface area contributed by atoms with E-state index in [0.29, 0.717) is 18.7 Å². The summed E-state index contributed by atoms with van der Waals surface area (Å²) in [5.74, 6) is -0.273. The summed E-state index contributed by atoms with van der Waals surface area (Å²) in [6.45, 7) is 0.349. The molecular formula is C14H16N4O4. The Hall–Kier alpha value is -2.64. The number of rotatable bonds is 4. The largest absolute Gasteiger partial charge is 0.335 e. The molecule has 0 aromatic heterocycles. The molecule has 22 heavy (non-hydrogen) atoms. The monoisotopic (exact) mass is 304 g/mol. The minimum Gasteiger partial charge on any atom is -0.335 e. The Bertz CT molecular complexity index is 642. The van der Waals surface area contributed by atoms with Gasteiger partial charge < -0.3 is 15.5 Å². The van der Waals surface area contributed by atoms with Gasteiger partial charge in [-0.25, -0.2) is 4.79 Å². The van der Waals surface area contributed by atoms with Gasteiger partial charge in [0.15, 0.2) is 0 Å². The second-order valence-corrected chi connectivity index (χ2v) is 5.47. The fourth-order valence-electron chi connectivity index (χ4n) is 2.46. The van der Waals surface area contributed by atoms with Gasteiger partial charge in [-0.1, -0.05) is 6.07 Å². The lowest BCUT2D eigenvalue weighted by Crippen LogP contribution is -2.44. The zero-order valence-electron chi connectivity index (χ0n) is 11.9. The van der Waals surface area contributed by atoms with E-state index < -0.39 is 4.92 Å². The number of nitrogens with one attached hydrogen (secondary N) is 2. The fraction of sp³-hybridized carbons (Fsp3) is 0.429. The van der Waals surface area contributed by atoms with Gasteiger partial charge in [0.25, 0.3) is 5.69 Å². The van der Waals surface area contributed by atoms with Crippen LogP contribution in [0.1, 0.15) is 18.4 Å². The molecule has 1 aliphatic heterocycles. The van der Waals surface area contributed by atoms with Crippen molar-refractivity contribution in [2.75, 3.05) is 18.0 Å². The number of carbonyl (C=O) groups is 2. The molecule has 8 heteroatoms. The number of non-ortho nitro benzene ring substituents is 1. The lowest BCUT2D eigenvalue weighted by molar-refractivity contribution is -0.384. The number of fused-ring (bicyclic) bond motifs is 1. The van der Waals surface area contributed by atoms with Crippen molar-refractivity contribution < 1.29 is 14.5 Å². The highest BCUT2D eigenvalue weighted by molar-refractivity contribution is 5.98. The van der Waals surface area contributed by atoms with Crippen LogP contribution in [0.4, 0.5) is 16.2 Å². The number of anilines is 1. The first kappa shape index (κ1) is 14.3. The summed E-state index contributed by atoms with van der Waals surface area (Å²) in [6, 6.07) is 4.40. The van der Waals surface area contributed by atoms with Gasteiger partial charge in [0.2, 0.25) is 5.91 Å². The van der Waals surface area contributed by atoms with Crippen LogP contribution in [-0.4, -0.2) is 36.0 Å². The van der Waals surface area contributed by atoms with E-state index in [9.17, 15) is 19.7 Å². The minimum absolute atomic E-state index is 0.0436. The molecular weight excluding hydrogens is 288 g/mol. The maximum atomic E-state index is 12.2. The molecule has 1 fully saturated rings. The van der Waals surface area contributed by atoms with Crippen LogP contribution in [0.5, 0.6) is 0 Å². The number of benzene rings is 1. The van der Waals surface area contributed by atoms with E-state index in [0.717, 1.165) is 18.4 Å². The Kier molecular flexibility index (Phi) is 3.66. The summed E-state index contributed by atoms with van der Waals surface area (Å²) in [4.78, 5) is 35.6. The van der Waals surface area contributed by atoms with Crippen molar-refractivity contribution in [2.24, 2.45) is 0 Å². The molecule has 0 atom stereocenters. The van der Waals surface area contributed by atoms with Crippen molar-refractivity contribution in [2.45, 2.75) is 25.3 Å². The van der Waals surface area contributed by atoms with Crippen LogP contribution >= 0.6 is 0 Å². The van der Waals surface area contributed by atoms with E-state index in [1.807, 2.05) is 0 Å². The van der Waals surface area contributed by atoms with Crippen molar-refractivity contribution in [1.29, 1.82) is 0 Å². The summed E-state index contributed by atoms with van der Waals surface area (Å²) < 4.78 is 0. The van der Waals surface area contributed by atoms with E-state index in [1.165, 1.54) is 17.0 Å². The van der Waals surface area contributed by atoms with Gasteiger partial charge in [0, 0.05) is 24.7 Å². The number of hydrogen-bond acceptors (Lipinski definition) is 4. The maximum absolute atomic E-state index is 12.2. The van der Waals surface area contributed by atoms with E-state index in [2.05, 4.69) is 10.6 Å². The first-order valence-electron chi connectivity index (χ1n) is 7.16. The molecule has 1 aromatic carbocycles. The van der Waals surface area contributed by atoms with Crippen LogP contribution in [0.3, 0.4) is 0 Å². The number of nitrogens with zero attached hydrogens (tertiary/aromatic N) is 2. The summed E-state index contributed by atoms with van der Waals surface area (Å²) >= 11 is 0. The zero-order valence-corrected chi connectivity index (χ0v) is 11.9. The summed E-state index contributed by atoms with van der Waals surface area (Å²) in [5, 5.41) is 16.1. The van der Waals surface area contributed by atoms with Crippen molar-refractivity contribution in [3.05, 3.63) is 33.9 Å². The van der Waals surface area contributed by atoms with E-state index >= 15 is 0 Å². The highest BCUT2D eigenvalue weighted by Crippen LogP contribution is 2.31. The minimum atomic E-state index is -0.484. The molecule has 0 saturated heterocycles. The number of nitro groups is 1. The molecule has 2 N–H and O–H groups in total. The second kappa shape index (κ2) is 5.63. The Morgan fingerprint density at radius 2 is 2.14 bits per heavy atom. The van der Waals surface area contributed by atoms with Gasteiger partial charge in [0.05, 0.1) is 17.2 Å². The molecule has 3 rings (SSSR count). The molecule has 1 aromatic rings. The maximum Gasteiger partial charge on any atom is 0.315 e. The third-order valence-electron chi connectivity index (χ3n) is 3.79. The molecule has 0 spiro atoms. The third kappa shape index (κ3) is 3.00. The SMILES string of the molecule is O=C(NCC(=O)N1CCc2ccc([N+](=O)[O-])cc21)NC1CC1. The quantitative estimate of drug-likeness (QED) is 0.638. The molecule has 1 saturated carbocycles. The van der Waals surface area contributed by atoms with Crippen molar-refractivity contribution in [3.63, 3.8) is 0 Å². The first-order valence-corrected chi connectivity index (χ1v) is 7.16. The van der Waals surface area contributed by atoms with Crippen LogP contribution in [0, 0.1) is 10.1 Å². The Labute approximate surface area is 126 Å². The topological polar surface area (TPSA) is 105 Å². The van der Waals surface area contributed by atoms with Crippen LogP contribution in [0.25, 0.3) is 0 Å². The Morgan fingerprint density at radius 1 is 1.36 bits per heavy atom. The van der Waals surface area contributed by atoms with Gasteiger partial charge in [-0.3, -0.25) is 14.9 Å². The molecule has 0 unspecified atom stereocenters. The highest BCUT2D eigenvalue weighted by atomic mass is 16.6. The second-order valence-electron chi connectivity index (χ2n) is 5.47. The number of hydrogen-bond donors (Lipinski definition) is 2. The summed E-state index contributed by atoms with van der Waals surface area (Å²) in [5.41, 5.74) is 1.42. The van der Waals surface area contributed by atoms with Gasteiger partial charge in [-0.05, 0) is 24.8 Å². The lowest BCUT2D eigenvalue weighted by Gasteiger charge is -2.17. The van der Waals surface area contributed by atoms with Gasteiger partial charge in [-0.2, -0.15) is 0 Å². The lowest BCUT2D eigenvalue weighted by atomic mass is 10.1. The number of amides is 3. The van der Waals surface area contributed by atoms with Crippen molar-refractivity contribution >= 4 is 23.3 Å². The van der Waals surface area contributed by atoms with Crippen LogP contribution in [0.15, 0.2) is 18.2 Å². The number of nitro benzene ring substituents is 1. The highest BCUT2D eigenvalue weighted by Gasteiger charge is 2.27. The Balaban J connectivity index is 1.63. The molecule has 116 valence electrons. The molecule has 3 amide bonds. The number of urea groups is 1. The van der Waals surface area contributed by atoms with E-state index in [-0.39, 0.29) is 30.2 Å². The van der Waals surface area contributed by atoms with Crippen molar-refractivity contribution in [1.82, 2.24) is 10.6 Å². The van der Waals surface area contributed by atoms with Crippen LogP contribution in [-0.2, 0) is 11.2 Å². The van der Waals surface area contributed by atoms with Crippen LogP contribution in [0.2, 0.25) is 0 Å². The predicted octanol–water partition coefficient (Wildman–Crippen LogP) is 0.945. The third-order valence-corrected chi connectivity index (χ3v) is 3.79. The Morgan fingerprint density at radius 3 is 2.82 bits per heavy atom. The molecule has 2 aliphatic rings. The van der Waals surface area contributed by atoms with Crippen LogP contribution < -0.4 is 15.5 Å². The molecule has 1 aliphatic carbocycles. The average molecular weight is 304 g/mol. The zero-order chi connectivity index (χ0) is 15.7. The van der Waals surface area contributed by atoms with E-state index in [4.69, 9.17) is 0 Å². The van der Waals surface area contributed by atoms with Gasteiger partial charge in [0.1, 0.15) is 0 Å². The summed E-state index contributed by atoms with van der Waals surface area (Å²) in [7, 11) is 0. The molecule has 0 radical (unpaired) electrons.